The van der Waals surface area contributed by atoms with Crippen LogP contribution in [-0.2, 0) is 11.2 Å². The third-order valence-corrected chi connectivity index (χ3v) is 3.34. The Morgan fingerprint density at radius 1 is 1.32 bits per heavy atom. The fraction of sp³-hybridized carbons (Fsp3) is 0.438. The Bertz CT molecular complexity index is 385. The van der Waals surface area contributed by atoms with Crippen LogP contribution in [0.25, 0.3) is 0 Å². The number of rotatable bonds is 8. The Labute approximate surface area is 116 Å². The maximum Gasteiger partial charge on any atom is 0.243 e. The molecular formula is C16H24N2O. The fourth-order valence-corrected chi connectivity index (χ4v) is 2.25. The second-order valence-corrected chi connectivity index (χ2v) is 4.51. The van der Waals surface area contributed by atoms with Gasteiger partial charge in [0.1, 0.15) is 0 Å². The largest absolute Gasteiger partial charge is 0.351 e. The highest BCUT2D eigenvalue weighted by molar-refractivity contribution is 5.86. The third kappa shape index (κ3) is 5.26. The third-order valence-electron chi connectivity index (χ3n) is 3.34. The molecule has 1 amide bonds. The number of hydrogen-bond acceptors (Lipinski definition) is 2. The molecule has 0 aliphatic rings. The summed E-state index contributed by atoms with van der Waals surface area (Å²) in [4.78, 5) is 13.7. The number of amides is 1. The van der Waals surface area contributed by atoms with Crippen LogP contribution in [0, 0.1) is 0 Å². The number of nitrogens with zero attached hydrogens (tertiary/aromatic N) is 1. The van der Waals surface area contributed by atoms with Crippen LogP contribution in [-0.4, -0.2) is 36.5 Å². The minimum Gasteiger partial charge on any atom is -0.351 e. The van der Waals surface area contributed by atoms with Crippen LogP contribution in [0.5, 0.6) is 0 Å². The lowest BCUT2D eigenvalue weighted by molar-refractivity contribution is -0.116. The molecule has 0 aromatic heterocycles. The quantitative estimate of drug-likeness (QED) is 0.727. The number of carbonyl (C=O) groups excluding carboxylic acids is 1. The molecule has 0 radical (unpaired) electrons. The van der Waals surface area contributed by atoms with Gasteiger partial charge < -0.3 is 5.32 Å². The van der Waals surface area contributed by atoms with E-state index < -0.39 is 0 Å². The summed E-state index contributed by atoms with van der Waals surface area (Å²) in [5.74, 6) is -0.106. The highest BCUT2D eigenvalue weighted by Gasteiger charge is 2.16. The molecule has 0 saturated carbocycles. The average Bonchev–Trinajstić information content (AvgIpc) is 2.46. The van der Waals surface area contributed by atoms with Crippen LogP contribution in [0.3, 0.4) is 0 Å². The first-order valence-electron chi connectivity index (χ1n) is 6.89. The van der Waals surface area contributed by atoms with E-state index in [2.05, 4.69) is 54.9 Å². The van der Waals surface area contributed by atoms with Crippen molar-refractivity contribution in [3.05, 3.63) is 48.6 Å². The van der Waals surface area contributed by atoms with Crippen molar-refractivity contribution < 1.29 is 4.79 Å². The van der Waals surface area contributed by atoms with Gasteiger partial charge in [-0.3, -0.25) is 9.69 Å². The summed E-state index contributed by atoms with van der Waals surface area (Å²) in [6, 6.07) is 10.7. The number of carbonyl (C=O) groups is 1. The van der Waals surface area contributed by atoms with Crippen LogP contribution >= 0.6 is 0 Å². The normalized spacial score (nSPS) is 12.2. The molecule has 0 bridgehead atoms. The minimum absolute atomic E-state index is 0.106. The van der Waals surface area contributed by atoms with Gasteiger partial charge in [-0.15, -0.1) is 0 Å². The topological polar surface area (TPSA) is 32.3 Å². The zero-order valence-corrected chi connectivity index (χ0v) is 11.9. The minimum atomic E-state index is -0.106. The van der Waals surface area contributed by atoms with E-state index in [9.17, 15) is 4.79 Å². The first-order valence-corrected chi connectivity index (χ1v) is 6.89. The second kappa shape index (κ2) is 8.48. The summed E-state index contributed by atoms with van der Waals surface area (Å²) in [6.07, 6.45) is 2.27. The molecule has 0 heterocycles. The SMILES string of the molecule is C=CC(=O)NCC(Cc1ccccc1)N(CC)CC. The Kier molecular flexibility index (Phi) is 6.90. The van der Waals surface area contributed by atoms with Crippen LogP contribution in [0.4, 0.5) is 0 Å². The van der Waals surface area contributed by atoms with Gasteiger partial charge in [0, 0.05) is 12.6 Å². The van der Waals surface area contributed by atoms with Gasteiger partial charge in [0.25, 0.3) is 0 Å². The van der Waals surface area contributed by atoms with Crippen molar-refractivity contribution in [3.8, 4) is 0 Å². The molecule has 1 aromatic rings. The van der Waals surface area contributed by atoms with E-state index in [0.29, 0.717) is 12.6 Å². The van der Waals surface area contributed by atoms with Crippen molar-refractivity contribution in [2.24, 2.45) is 0 Å². The molecule has 1 N–H and O–H groups in total. The second-order valence-electron chi connectivity index (χ2n) is 4.51. The highest BCUT2D eigenvalue weighted by Crippen LogP contribution is 2.08. The smallest absolute Gasteiger partial charge is 0.243 e. The van der Waals surface area contributed by atoms with Gasteiger partial charge in [-0.25, -0.2) is 0 Å². The van der Waals surface area contributed by atoms with Crippen LogP contribution < -0.4 is 5.32 Å². The molecule has 0 aliphatic carbocycles. The predicted molar refractivity (Wildman–Crippen MR) is 80.1 cm³/mol. The van der Waals surface area contributed by atoms with E-state index in [1.807, 2.05) is 6.07 Å². The fourth-order valence-electron chi connectivity index (χ4n) is 2.25. The predicted octanol–water partition coefficient (Wildman–Crippen LogP) is 2.24. The summed E-state index contributed by atoms with van der Waals surface area (Å²) in [6.45, 7) is 10.4. The van der Waals surface area contributed by atoms with Crippen LogP contribution in [0.1, 0.15) is 19.4 Å². The van der Waals surface area contributed by atoms with E-state index in [1.54, 1.807) is 0 Å². The van der Waals surface area contributed by atoms with E-state index >= 15 is 0 Å². The van der Waals surface area contributed by atoms with Crippen molar-refractivity contribution >= 4 is 5.91 Å². The molecular weight excluding hydrogens is 236 g/mol. The maximum atomic E-state index is 11.3. The molecule has 0 spiro atoms. The van der Waals surface area contributed by atoms with Crippen molar-refractivity contribution in [2.45, 2.75) is 26.3 Å². The van der Waals surface area contributed by atoms with Crippen molar-refractivity contribution in [1.29, 1.82) is 0 Å². The van der Waals surface area contributed by atoms with Gasteiger partial charge in [0.15, 0.2) is 0 Å². The summed E-state index contributed by atoms with van der Waals surface area (Å²) in [5, 5.41) is 2.90. The van der Waals surface area contributed by atoms with E-state index in [-0.39, 0.29) is 5.91 Å². The first kappa shape index (κ1) is 15.4. The number of nitrogens with one attached hydrogen (secondary N) is 1. The highest BCUT2D eigenvalue weighted by atomic mass is 16.1. The molecule has 1 atom stereocenters. The maximum absolute atomic E-state index is 11.3. The number of hydrogen-bond donors (Lipinski definition) is 1. The Morgan fingerprint density at radius 3 is 2.47 bits per heavy atom. The Hall–Kier alpha value is -1.61. The molecule has 19 heavy (non-hydrogen) atoms. The Morgan fingerprint density at radius 2 is 1.95 bits per heavy atom. The van der Waals surface area contributed by atoms with Crippen molar-refractivity contribution in [3.63, 3.8) is 0 Å². The molecule has 104 valence electrons. The molecule has 0 saturated heterocycles. The molecule has 1 aromatic carbocycles. The lowest BCUT2D eigenvalue weighted by atomic mass is 10.0. The summed E-state index contributed by atoms with van der Waals surface area (Å²) in [7, 11) is 0. The van der Waals surface area contributed by atoms with Gasteiger partial charge in [0.2, 0.25) is 5.91 Å². The van der Waals surface area contributed by atoms with E-state index in [4.69, 9.17) is 0 Å². The van der Waals surface area contributed by atoms with Gasteiger partial charge in [0.05, 0.1) is 0 Å². The molecule has 3 heteroatoms. The molecule has 1 unspecified atom stereocenters. The summed E-state index contributed by atoms with van der Waals surface area (Å²) >= 11 is 0. The molecule has 0 aliphatic heterocycles. The lowest BCUT2D eigenvalue weighted by Gasteiger charge is -2.30. The van der Waals surface area contributed by atoms with Crippen molar-refractivity contribution in [1.82, 2.24) is 10.2 Å². The zero-order valence-electron chi connectivity index (χ0n) is 11.9. The lowest BCUT2D eigenvalue weighted by Crippen LogP contribution is -2.44. The monoisotopic (exact) mass is 260 g/mol. The standard InChI is InChI=1S/C16H24N2O/c1-4-16(19)17-13-15(18(5-2)6-3)12-14-10-8-7-9-11-14/h4,7-11,15H,1,5-6,12-13H2,2-3H3,(H,17,19). The molecule has 1 rings (SSSR count). The molecule has 3 nitrogen and oxygen atoms in total. The van der Waals surface area contributed by atoms with Gasteiger partial charge >= 0.3 is 0 Å². The van der Waals surface area contributed by atoms with Gasteiger partial charge in [-0.1, -0.05) is 50.8 Å². The van der Waals surface area contributed by atoms with Crippen molar-refractivity contribution in [2.75, 3.05) is 19.6 Å². The number of likely N-dealkylation sites (N-methyl/N-ethyl adjacent to an activating group) is 1. The van der Waals surface area contributed by atoms with Gasteiger partial charge in [-0.05, 0) is 31.1 Å². The van der Waals surface area contributed by atoms with E-state index in [1.165, 1.54) is 11.6 Å². The number of benzene rings is 1. The van der Waals surface area contributed by atoms with Crippen LogP contribution in [0.15, 0.2) is 43.0 Å². The van der Waals surface area contributed by atoms with E-state index in [0.717, 1.165) is 19.5 Å². The average molecular weight is 260 g/mol. The Balaban J connectivity index is 2.68. The molecule has 0 fully saturated rings. The van der Waals surface area contributed by atoms with Gasteiger partial charge in [-0.2, -0.15) is 0 Å². The first-order chi connectivity index (χ1) is 9.21. The summed E-state index contributed by atoms with van der Waals surface area (Å²) < 4.78 is 0. The van der Waals surface area contributed by atoms with Crippen LogP contribution in [0.2, 0.25) is 0 Å². The zero-order chi connectivity index (χ0) is 14.1. The summed E-state index contributed by atoms with van der Waals surface area (Å²) in [5.41, 5.74) is 1.30.